The zero-order valence-electron chi connectivity index (χ0n) is 11.3. The normalized spacial score (nSPS) is 18.9. The molecule has 1 aromatic carbocycles. The predicted molar refractivity (Wildman–Crippen MR) is 77.8 cm³/mol. The molecule has 0 aromatic heterocycles. The van der Waals surface area contributed by atoms with Gasteiger partial charge in [-0.1, -0.05) is 23.7 Å². The number of carbonyl (C=O) groups is 1. The number of rotatable bonds is 5. The maximum atomic E-state index is 10.5. The molecule has 4 nitrogen and oxygen atoms in total. The van der Waals surface area contributed by atoms with E-state index in [0.29, 0.717) is 11.6 Å². The summed E-state index contributed by atoms with van der Waals surface area (Å²) in [5.74, 6) is -0.523. The van der Waals surface area contributed by atoms with Crippen molar-refractivity contribution in [3.05, 3.63) is 34.9 Å². The van der Waals surface area contributed by atoms with Crippen molar-refractivity contribution >= 4 is 17.6 Å². The summed E-state index contributed by atoms with van der Waals surface area (Å²) in [7, 11) is 0. The van der Waals surface area contributed by atoms with E-state index in [1.54, 1.807) is 12.1 Å². The van der Waals surface area contributed by atoms with Crippen LogP contribution in [0.1, 0.15) is 30.9 Å². The lowest BCUT2D eigenvalue weighted by atomic mass is 9.87. The van der Waals surface area contributed by atoms with Crippen LogP contribution in [0, 0.1) is 5.92 Å². The van der Waals surface area contributed by atoms with Crippen molar-refractivity contribution in [1.82, 2.24) is 4.90 Å². The summed E-state index contributed by atoms with van der Waals surface area (Å²) in [6, 6.07) is 7.32. The molecule has 1 saturated heterocycles. The monoisotopic (exact) mass is 297 g/mol. The molecule has 2 N–H and O–H groups in total. The first-order chi connectivity index (χ1) is 9.56. The van der Waals surface area contributed by atoms with E-state index < -0.39 is 12.1 Å². The van der Waals surface area contributed by atoms with Crippen LogP contribution in [0.3, 0.4) is 0 Å². The highest BCUT2D eigenvalue weighted by Gasteiger charge is 2.26. The standard InChI is InChI=1S/C15H20ClNO3/c16-13-3-1-11(2-4-13)15(20)12-5-8-17(9-6-12)10-7-14(18)19/h1-4,12,15,20H,5-10H2,(H,18,19). The average molecular weight is 298 g/mol. The first kappa shape index (κ1) is 15.3. The van der Waals surface area contributed by atoms with Crippen molar-refractivity contribution in [3.63, 3.8) is 0 Å². The Morgan fingerprint density at radius 3 is 2.45 bits per heavy atom. The van der Waals surface area contributed by atoms with Crippen LogP contribution in [0.2, 0.25) is 5.02 Å². The number of likely N-dealkylation sites (tertiary alicyclic amines) is 1. The quantitative estimate of drug-likeness (QED) is 0.877. The van der Waals surface area contributed by atoms with Crippen LogP contribution in [0.5, 0.6) is 0 Å². The Morgan fingerprint density at radius 1 is 1.30 bits per heavy atom. The maximum Gasteiger partial charge on any atom is 0.304 e. The zero-order chi connectivity index (χ0) is 14.5. The van der Waals surface area contributed by atoms with Gasteiger partial charge < -0.3 is 15.1 Å². The summed E-state index contributed by atoms with van der Waals surface area (Å²) in [6.45, 7) is 2.30. The molecule has 1 heterocycles. The third kappa shape index (κ3) is 4.20. The molecule has 0 spiro atoms. The van der Waals surface area contributed by atoms with E-state index in [-0.39, 0.29) is 12.3 Å². The lowest BCUT2D eigenvalue weighted by Crippen LogP contribution is -2.36. The fraction of sp³-hybridized carbons (Fsp3) is 0.533. The van der Waals surface area contributed by atoms with Gasteiger partial charge in [0.2, 0.25) is 0 Å². The molecule has 1 aliphatic rings. The maximum absolute atomic E-state index is 10.5. The van der Waals surface area contributed by atoms with Gasteiger partial charge in [0.1, 0.15) is 0 Å². The van der Waals surface area contributed by atoms with Crippen molar-refractivity contribution in [2.45, 2.75) is 25.4 Å². The number of hydrogen-bond donors (Lipinski definition) is 2. The molecule has 0 bridgehead atoms. The first-order valence-electron chi connectivity index (χ1n) is 6.94. The second kappa shape index (κ2) is 7.07. The molecular formula is C15H20ClNO3. The lowest BCUT2D eigenvalue weighted by molar-refractivity contribution is -0.137. The van der Waals surface area contributed by atoms with Crippen LogP contribution in [0.25, 0.3) is 0 Å². The highest BCUT2D eigenvalue weighted by Crippen LogP contribution is 2.31. The molecule has 0 aliphatic carbocycles. The van der Waals surface area contributed by atoms with Gasteiger partial charge in [-0.15, -0.1) is 0 Å². The van der Waals surface area contributed by atoms with Gasteiger partial charge in [-0.25, -0.2) is 0 Å². The molecule has 1 fully saturated rings. The molecule has 0 amide bonds. The number of hydrogen-bond acceptors (Lipinski definition) is 3. The van der Waals surface area contributed by atoms with Gasteiger partial charge in [-0.2, -0.15) is 0 Å². The molecule has 0 saturated carbocycles. The van der Waals surface area contributed by atoms with Crippen LogP contribution < -0.4 is 0 Å². The zero-order valence-corrected chi connectivity index (χ0v) is 12.1. The van der Waals surface area contributed by atoms with Crippen LogP contribution >= 0.6 is 11.6 Å². The molecule has 0 radical (unpaired) electrons. The van der Waals surface area contributed by atoms with Crippen molar-refractivity contribution in [3.8, 4) is 0 Å². The molecule has 5 heteroatoms. The Kier molecular flexibility index (Phi) is 5.40. The minimum Gasteiger partial charge on any atom is -0.481 e. The van der Waals surface area contributed by atoms with Crippen LogP contribution in [-0.2, 0) is 4.79 Å². The largest absolute Gasteiger partial charge is 0.481 e. The minimum atomic E-state index is -0.756. The number of nitrogens with zero attached hydrogens (tertiary/aromatic N) is 1. The van der Waals surface area contributed by atoms with Crippen LogP contribution in [0.15, 0.2) is 24.3 Å². The number of carboxylic acids is 1. The minimum absolute atomic E-state index is 0.185. The summed E-state index contributed by atoms with van der Waals surface area (Å²) in [6.07, 6.45) is 1.51. The summed E-state index contributed by atoms with van der Waals surface area (Å²) >= 11 is 5.85. The van der Waals surface area contributed by atoms with E-state index in [9.17, 15) is 9.90 Å². The van der Waals surface area contributed by atoms with Gasteiger partial charge in [-0.05, 0) is 49.5 Å². The lowest BCUT2D eigenvalue weighted by Gasteiger charge is -2.34. The number of aliphatic hydroxyl groups excluding tert-OH is 1. The number of halogens is 1. The van der Waals surface area contributed by atoms with E-state index >= 15 is 0 Å². The van der Waals surface area contributed by atoms with Crippen LogP contribution in [0.4, 0.5) is 0 Å². The second-order valence-corrected chi connectivity index (χ2v) is 5.76. The third-order valence-corrected chi connectivity index (χ3v) is 4.18. The molecule has 1 aliphatic heterocycles. The molecule has 20 heavy (non-hydrogen) atoms. The van der Waals surface area contributed by atoms with Gasteiger partial charge in [0.05, 0.1) is 12.5 Å². The van der Waals surface area contributed by atoms with Crippen molar-refractivity contribution in [2.75, 3.05) is 19.6 Å². The van der Waals surface area contributed by atoms with E-state index in [1.165, 1.54) is 0 Å². The smallest absolute Gasteiger partial charge is 0.304 e. The van der Waals surface area contributed by atoms with Crippen molar-refractivity contribution in [2.24, 2.45) is 5.92 Å². The number of piperidine rings is 1. The van der Waals surface area contributed by atoms with Gasteiger partial charge in [-0.3, -0.25) is 4.79 Å². The summed E-state index contributed by atoms with van der Waals surface area (Å²) in [4.78, 5) is 12.7. The molecule has 1 aromatic rings. The van der Waals surface area contributed by atoms with Crippen LogP contribution in [-0.4, -0.2) is 40.7 Å². The molecular weight excluding hydrogens is 278 g/mol. The van der Waals surface area contributed by atoms with Crippen molar-refractivity contribution < 1.29 is 15.0 Å². The molecule has 2 rings (SSSR count). The fourth-order valence-electron chi connectivity index (χ4n) is 2.68. The van der Waals surface area contributed by atoms with Gasteiger partial charge >= 0.3 is 5.97 Å². The van der Waals surface area contributed by atoms with Gasteiger partial charge in [0.25, 0.3) is 0 Å². The highest BCUT2D eigenvalue weighted by atomic mass is 35.5. The third-order valence-electron chi connectivity index (χ3n) is 3.93. The van der Waals surface area contributed by atoms with E-state index in [0.717, 1.165) is 31.5 Å². The Balaban J connectivity index is 1.83. The highest BCUT2D eigenvalue weighted by molar-refractivity contribution is 6.30. The SMILES string of the molecule is O=C(O)CCN1CCC(C(O)c2ccc(Cl)cc2)CC1. The molecule has 1 atom stereocenters. The number of aliphatic hydroxyl groups is 1. The average Bonchev–Trinajstić information content (AvgIpc) is 2.46. The number of benzene rings is 1. The van der Waals surface area contributed by atoms with E-state index in [4.69, 9.17) is 16.7 Å². The Labute approximate surface area is 124 Å². The predicted octanol–water partition coefficient (Wildman–Crippen LogP) is 2.56. The number of aliphatic carboxylic acids is 1. The summed E-state index contributed by atoms with van der Waals surface area (Å²) in [5.41, 5.74) is 0.901. The van der Waals surface area contributed by atoms with E-state index in [1.807, 2.05) is 12.1 Å². The van der Waals surface area contributed by atoms with Gasteiger partial charge in [0.15, 0.2) is 0 Å². The number of carboxylic acid groups (broad SMARTS) is 1. The van der Waals surface area contributed by atoms with Gasteiger partial charge in [0, 0.05) is 11.6 Å². The molecule has 1 unspecified atom stereocenters. The fourth-order valence-corrected chi connectivity index (χ4v) is 2.80. The Bertz CT molecular complexity index is 441. The summed E-state index contributed by atoms with van der Waals surface area (Å²) < 4.78 is 0. The molecule has 110 valence electrons. The van der Waals surface area contributed by atoms with Crippen molar-refractivity contribution in [1.29, 1.82) is 0 Å². The second-order valence-electron chi connectivity index (χ2n) is 5.32. The topological polar surface area (TPSA) is 60.8 Å². The summed E-state index contributed by atoms with van der Waals surface area (Å²) in [5, 5.41) is 19.7. The Morgan fingerprint density at radius 2 is 1.90 bits per heavy atom. The Hall–Kier alpha value is -1.10. The first-order valence-corrected chi connectivity index (χ1v) is 7.31. The van der Waals surface area contributed by atoms with E-state index in [2.05, 4.69) is 4.90 Å².